The predicted octanol–water partition coefficient (Wildman–Crippen LogP) is 4.41. The summed E-state index contributed by atoms with van der Waals surface area (Å²) in [6.45, 7) is 6.10. The van der Waals surface area contributed by atoms with Crippen LogP contribution in [0.4, 0.5) is 0 Å². The van der Waals surface area contributed by atoms with Crippen LogP contribution in [0.5, 0.6) is 0 Å². The number of carbonyl (C=O) groups excluding carboxylic acids is 1. The summed E-state index contributed by atoms with van der Waals surface area (Å²) in [5, 5.41) is 0. The zero-order valence-electron chi connectivity index (χ0n) is 13.8. The normalized spacial score (nSPS) is 17.1. The topological polar surface area (TPSA) is 20.3 Å². The number of hydrogen-bond donors (Lipinski definition) is 0. The molecular formula is C19H29NO. The summed E-state index contributed by atoms with van der Waals surface area (Å²) in [6, 6.07) is 9.68. The number of ketones is 1. The molecule has 0 aliphatic heterocycles. The molecule has 2 nitrogen and oxygen atoms in total. The van der Waals surface area contributed by atoms with Crippen molar-refractivity contribution in [1.29, 1.82) is 0 Å². The predicted molar refractivity (Wildman–Crippen MR) is 88.6 cm³/mol. The molecule has 21 heavy (non-hydrogen) atoms. The molecule has 0 aromatic heterocycles. The van der Waals surface area contributed by atoms with E-state index in [1.807, 2.05) is 30.3 Å². The average molecular weight is 287 g/mol. The van der Waals surface area contributed by atoms with Crippen LogP contribution >= 0.6 is 0 Å². The van der Waals surface area contributed by atoms with Crippen LogP contribution < -0.4 is 0 Å². The van der Waals surface area contributed by atoms with Gasteiger partial charge in [0, 0.05) is 24.1 Å². The maximum atomic E-state index is 12.7. The molecule has 2 heteroatoms. The van der Waals surface area contributed by atoms with E-state index in [-0.39, 0.29) is 11.2 Å². The summed E-state index contributed by atoms with van der Waals surface area (Å²) in [6.07, 6.45) is 6.88. The van der Waals surface area contributed by atoms with Crippen LogP contribution in [0.15, 0.2) is 30.3 Å². The lowest BCUT2D eigenvalue weighted by Crippen LogP contribution is -2.39. The van der Waals surface area contributed by atoms with Crippen LogP contribution in [-0.2, 0) is 0 Å². The summed E-state index contributed by atoms with van der Waals surface area (Å²) >= 11 is 0. The molecule has 0 heterocycles. The van der Waals surface area contributed by atoms with Gasteiger partial charge in [0.05, 0.1) is 0 Å². The van der Waals surface area contributed by atoms with Crippen molar-refractivity contribution in [1.82, 2.24) is 4.90 Å². The standard InChI is InChI=1S/C19H29NO/c1-19(2,18(21)17-12-8-5-9-13-17)15-20(3)14-16-10-6-4-7-11-16/h5,8-9,12-13,16H,4,6-7,10-11,14-15H2,1-3H3. The van der Waals surface area contributed by atoms with Crippen LogP contribution in [0, 0.1) is 11.3 Å². The van der Waals surface area contributed by atoms with E-state index in [2.05, 4.69) is 25.8 Å². The van der Waals surface area contributed by atoms with Crippen molar-refractivity contribution in [2.45, 2.75) is 46.0 Å². The van der Waals surface area contributed by atoms with E-state index < -0.39 is 0 Å². The SMILES string of the molecule is CN(CC1CCCCC1)CC(C)(C)C(=O)c1ccccc1. The van der Waals surface area contributed by atoms with Gasteiger partial charge in [-0.25, -0.2) is 0 Å². The number of nitrogens with zero attached hydrogens (tertiary/aromatic N) is 1. The lowest BCUT2D eigenvalue weighted by Gasteiger charge is -2.32. The second-order valence-electron chi connectivity index (χ2n) is 7.28. The number of benzene rings is 1. The number of rotatable bonds is 6. The minimum atomic E-state index is -0.329. The Bertz CT molecular complexity index is 446. The molecule has 1 aliphatic carbocycles. The third-order valence-electron chi connectivity index (χ3n) is 4.61. The summed E-state index contributed by atoms with van der Waals surface area (Å²) < 4.78 is 0. The highest BCUT2D eigenvalue weighted by molar-refractivity contribution is 6.00. The first-order valence-electron chi connectivity index (χ1n) is 8.27. The van der Waals surface area contributed by atoms with Crippen molar-refractivity contribution < 1.29 is 4.79 Å². The van der Waals surface area contributed by atoms with E-state index >= 15 is 0 Å². The second-order valence-corrected chi connectivity index (χ2v) is 7.28. The molecule has 1 aliphatic rings. The van der Waals surface area contributed by atoms with Gasteiger partial charge in [-0.1, -0.05) is 63.4 Å². The highest BCUT2D eigenvalue weighted by atomic mass is 16.1. The third kappa shape index (κ3) is 4.67. The highest BCUT2D eigenvalue weighted by Gasteiger charge is 2.30. The van der Waals surface area contributed by atoms with Crippen molar-refractivity contribution in [3.8, 4) is 0 Å². The van der Waals surface area contributed by atoms with Crippen molar-refractivity contribution >= 4 is 5.78 Å². The van der Waals surface area contributed by atoms with E-state index in [4.69, 9.17) is 0 Å². The largest absolute Gasteiger partial charge is 0.305 e. The lowest BCUT2D eigenvalue weighted by atomic mass is 9.83. The Morgan fingerprint density at radius 3 is 2.38 bits per heavy atom. The van der Waals surface area contributed by atoms with Crippen LogP contribution in [0.3, 0.4) is 0 Å². The summed E-state index contributed by atoms with van der Waals surface area (Å²) in [7, 11) is 2.16. The Balaban J connectivity index is 1.91. The summed E-state index contributed by atoms with van der Waals surface area (Å²) in [4.78, 5) is 15.0. The van der Waals surface area contributed by atoms with Gasteiger partial charge in [0.2, 0.25) is 0 Å². The first-order valence-corrected chi connectivity index (χ1v) is 8.27. The minimum Gasteiger partial charge on any atom is -0.305 e. The van der Waals surface area contributed by atoms with Crippen LogP contribution in [0.2, 0.25) is 0 Å². The second kappa shape index (κ2) is 7.22. The summed E-state index contributed by atoms with van der Waals surface area (Å²) in [5.41, 5.74) is 0.499. The molecule has 0 bridgehead atoms. The molecule has 0 N–H and O–H groups in total. The molecule has 0 atom stereocenters. The van der Waals surface area contributed by atoms with Gasteiger partial charge in [-0.05, 0) is 25.8 Å². The summed E-state index contributed by atoms with van der Waals surface area (Å²) in [5.74, 6) is 1.07. The first kappa shape index (κ1) is 16.2. The molecule has 2 rings (SSSR count). The van der Waals surface area contributed by atoms with Crippen molar-refractivity contribution in [3.63, 3.8) is 0 Å². The van der Waals surface area contributed by atoms with Gasteiger partial charge in [-0.15, -0.1) is 0 Å². The van der Waals surface area contributed by atoms with Crippen LogP contribution in [0.1, 0.15) is 56.3 Å². The van der Waals surface area contributed by atoms with Gasteiger partial charge in [0.1, 0.15) is 0 Å². The van der Waals surface area contributed by atoms with E-state index in [9.17, 15) is 4.79 Å². The van der Waals surface area contributed by atoms with Gasteiger partial charge in [0.25, 0.3) is 0 Å². The quantitative estimate of drug-likeness (QED) is 0.722. The van der Waals surface area contributed by atoms with Crippen molar-refractivity contribution in [3.05, 3.63) is 35.9 Å². The Morgan fingerprint density at radius 2 is 1.76 bits per heavy atom. The molecule has 1 fully saturated rings. The van der Waals surface area contributed by atoms with Gasteiger partial charge < -0.3 is 4.90 Å². The number of Topliss-reactive ketones (excluding diaryl/α,β-unsaturated/α-hetero) is 1. The highest BCUT2D eigenvalue weighted by Crippen LogP contribution is 2.27. The van der Waals surface area contributed by atoms with Gasteiger partial charge in [0.15, 0.2) is 5.78 Å². The van der Waals surface area contributed by atoms with Crippen LogP contribution in [0.25, 0.3) is 0 Å². The zero-order chi connectivity index (χ0) is 15.3. The van der Waals surface area contributed by atoms with Crippen molar-refractivity contribution in [2.24, 2.45) is 11.3 Å². The molecule has 0 saturated heterocycles. The lowest BCUT2D eigenvalue weighted by molar-refractivity contribution is 0.0766. The Morgan fingerprint density at radius 1 is 1.14 bits per heavy atom. The Labute approximate surface area is 129 Å². The van der Waals surface area contributed by atoms with Crippen molar-refractivity contribution in [2.75, 3.05) is 20.1 Å². The van der Waals surface area contributed by atoms with Gasteiger partial charge in [-0.3, -0.25) is 4.79 Å². The smallest absolute Gasteiger partial charge is 0.169 e. The first-order chi connectivity index (χ1) is 9.99. The van der Waals surface area contributed by atoms with Crippen LogP contribution in [-0.4, -0.2) is 30.8 Å². The Kier molecular flexibility index (Phi) is 5.58. The maximum absolute atomic E-state index is 12.7. The molecule has 0 unspecified atom stereocenters. The van der Waals surface area contributed by atoms with E-state index in [1.165, 1.54) is 32.1 Å². The van der Waals surface area contributed by atoms with E-state index in [0.717, 1.165) is 24.6 Å². The fourth-order valence-corrected chi connectivity index (χ4v) is 3.60. The monoisotopic (exact) mass is 287 g/mol. The number of hydrogen-bond acceptors (Lipinski definition) is 2. The minimum absolute atomic E-state index is 0.249. The Hall–Kier alpha value is -1.15. The third-order valence-corrected chi connectivity index (χ3v) is 4.61. The molecule has 0 spiro atoms. The molecule has 0 amide bonds. The van der Waals surface area contributed by atoms with Gasteiger partial charge in [-0.2, -0.15) is 0 Å². The molecule has 116 valence electrons. The molecular weight excluding hydrogens is 258 g/mol. The fraction of sp³-hybridized carbons (Fsp3) is 0.632. The molecule has 0 radical (unpaired) electrons. The van der Waals surface area contributed by atoms with E-state index in [0.29, 0.717) is 0 Å². The molecule has 1 saturated carbocycles. The number of carbonyl (C=O) groups is 1. The maximum Gasteiger partial charge on any atom is 0.169 e. The average Bonchev–Trinajstić information content (AvgIpc) is 2.47. The van der Waals surface area contributed by atoms with E-state index in [1.54, 1.807) is 0 Å². The molecule has 1 aromatic rings. The molecule has 1 aromatic carbocycles. The zero-order valence-corrected chi connectivity index (χ0v) is 13.8. The van der Waals surface area contributed by atoms with Gasteiger partial charge >= 0.3 is 0 Å². The fourth-order valence-electron chi connectivity index (χ4n) is 3.60.